The summed E-state index contributed by atoms with van der Waals surface area (Å²) in [6.07, 6.45) is 0.795. The van der Waals surface area contributed by atoms with Gasteiger partial charge in [-0.3, -0.25) is 19.6 Å². The number of benzene rings is 2. The van der Waals surface area contributed by atoms with E-state index >= 15 is 0 Å². The number of halogens is 1. The smallest absolute Gasteiger partial charge is 0.281 e. The van der Waals surface area contributed by atoms with Crippen molar-refractivity contribution in [1.29, 1.82) is 0 Å². The van der Waals surface area contributed by atoms with E-state index in [1.54, 1.807) is 43.5 Å². The maximum atomic E-state index is 13.3. The predicted molar refractivity (Wildman–Crippen MR) is 136 cm³/mol. The molecular weight excluding hydrogens is 488 g/mol. The van der Waals surface area contributed by atoms with Gasteiger partial charge in [-0.25, -0.2) is 5.48 Å². The molecule has 0 radical (unpaired) electrons. The summed E-state index contributed by atoms with van der Waals surface area (Å²) < 4.78 is 10.6. The molecule has 0 fully saturated rings. The van der Waals surface area contributed by atoms with Crippen LogP contribution >= 0.6 is 12.4 Å². The number of hydrogen-bond acceptors (Lipinski definition) is 7. The first kappa shape index (κ1) is 28.9. The van der Waals surface area contributed by atoms with Crippen molar-refractivity contribution in [3.05, 3.63) is 53.6 Å². The van der Waals surface area contributed by atoms with Gasteiger partial charge in [0, 0.05) is 18.7 Å². The zero-order valence-corrected chi connectivity index (χ0v) is 21.3. The molecule has 0 bridgehead atoms. The Balaban J connectivity index is 0.00000456. The molecule has 2 aromatic carbocycles. The topological polar surface area (TPSA) is 143 Å². The molecular formula is C25H33ClN4O6. The summed E-state index contributed by atoms with van der Waals surface area (Å²) in [4.78, 5) is 39.4. The van der Waals surface area contributed by atoms with Gasteiger partial charge in [-0.05, 0) is 59.9 Å². The predicted octanol–water partition coefficient (Wildman–Crippen LogP) is 2.27. The van der Waals surface area contributed by atoms with Crippen LogP contribution in [0.1, 0.15) is 31.4 Å². The maximum absolute atomic E-state index is 13.3. The van der Waals surface area contributed by atoms with Gasteiger partial charge in [0.15, 0.2) is 6.61 Å². The molecule has 1 aliphatic rings. The lowest BCUT2D eigenvalue weighted by Crippen LogP contribution is -2.55. The van der Waals surface area contributed by atoms with Gasteiger partial charge in [0.1, 0.15) is 17.5 Å². The summed E-state index contributed by atoms with van der Waals surface area (Å²) in [6.45, 7) is 3.78. The summed E-state index contributed by atoms with van der Waals surface area (Å²) in [7, 11) is 1.56. The number of nitrogens with zero attached hydrogens (tertiary/aromatic N) is 1. The number of hydrogen-bond donors (Lipinski definition) is 4. The van der Waals surface area contributed by atoms with Gasteiger partial charge >= 0.3 is 0 Å². The molecule has 0 saturated carbocycles. The standard InChI is InChI=1S/C25H32N4O6.ClH/c1-15(2)10-21(26)25(32)29-13-17-11-20(35-14-23(30)28-33)7-4-16(17)12-22(29)24(31)27-18-5-8-19(34-3)9-6-18;/h4-9,11,15,21-22,33H,10,12-14,26H2,1-3H3,(H,27,31)(H,28,30);1H/t21-,22-;/m0./s1. The number of nitrogens with two attached hydrogens (primary N) is 1. The van der Waals surface area contributed by atoms with Crippen LogP contribution in [0, 0.1) is 5.92 Å². The molecule has 3 rings (SSSR count). The highest BCUT2D eigenvalue weighted by molar-refractivity contribution is 5.98. The number of carbonyl (C=O) groups excluding carboxylic acids is 3. The molecule has 10 nitrogen and oxygen atoms in total. The molecule has 0 saturated heterocycles. The van der Waals surface area contributed by atoms with Crippen LogP contribution < -0.4 is 26.0 Å². The molecule has 3 amide bonds. The van der Waals surface area contributed by atoms with Crippen molar-refractivity contribution in [2.45, 2.75) is 45.3 Å². The first-order valence-corrected chi connectivity index (χ1v) is 11.4. The van der Waals surface area contributed by atoms with E-state index < -0.39 is 18.0 Å². The molecule has 1 heterocycles. The summed E-state index contributed by atoms with van der Waals surface area (Å²) in [5.74, 6) is -0.00583. The molecule has 11 heteroatoms. The van der Waals surface area contributed by atoms with E-state index in [1.165, 1.54) is 10.4 Å². The Morgan fingerprint density at radius 2 is 1.78 bits per heavy atom. The van der Waals surface area contributed by atoms with Crippen molar-refractivity contribution in [2.24, 2.45) is 11.7 Å². The Morgan fingerprint density at radius 1 is 1.11 bits per heavy atom. The van der Waals surface area contributed by atoms with Crippen LogP contribution in [0.2, 0.25) is 0 Å². The van der Waals surface area contributed by atoms with Crippen LogP contribution in [0.15, 0.2) is 42.5 Å². The highest BCUT2D eigenvalue weighted by atomic mass is 35.5. The highest BCUT2D eigenvalue weighted by Crippen LogP contribution is 2.29. The van der Waals surface area contributed by atoms with Gasteiger partial charge in [0.2, 0.25) is 11.8 Å². The normalized spacial score (nSPS) is 15.3. The molecule has 36 heavy (non-hydrogen) atoms. The van der Waals surface area contributed by atoms with Crippen molar-refractivity contribution in [3.63, 3.8) is 0 Å². The Hall–Kier alpha value is -3.34. The molecule has 196 valence electrons. The zero-order chi connectivity index (χ0) is 25.5. The fourth-order valence-electron chi connectivity index (χ4n) is 4.02. The van der Waals surface area contributed by atoms with Gasteiger partial charge in [0.25, 0.3) is 5.91 Å². The van der Waals surface area contributed by atoms with Crippen LogP contribution in [-0.4, -0.2) is 53.6 Å². The van der Waals surface area contributed by atoms with Crippen molar-refractivity contribution in [1.82, 2.24) is 10.4 Å². The third-order valence-corrected chi connectivity index (χ3v) is 5.79. The molecule has 0 aromatic heterocycles. The monoisotopic (exact) mass is 520 g/mol. The number of rotatable bonds is 9. The van der Waals surface area contributed by atoms with Crippen LogP contribution in [0.3, 0.4) is 0 Å². The van der Waals surface area contributed by atoms with E-state index in [4.69, 9.17) is 20.4 Å². The number of carbonyl (C=O) groups is 3. The molecule has 1 aliphatic heterocycles. The van der Waals surface area contributed by atoms with Gasteiger partial charge in [-0.2, -0.15) is 0 Å². The second-order valence-corrected chi connectivity index (χ2v) is 8.89. The Kier molecular flexibility index (Phi) is 10.5. The first-order chi connectivity index (χ1) is 16.7. The van der Waals surface area contributed by atoms with Crippen LogP contribution in [0.25, 0.3) is 0 Å². The number of fused-ring (bicyclic) bond motifs is 1. The van der Waals surface area contributed by atoms with Crippen molar-refractivity contribution in [3.8, 4) is 11.5 Å². The lowest BCUT2D eigenvalue weighted by Gasteiger charge is -2.37. The van der Waals surface area contributed by atoms with Crippen LogP contribution in [-0.2, 0) is 27.3 Å². The number of hydroxylamine groups is 1. The van der Waals surface area contributed by atoms with E-state index in [1.807, 2.05) is 19.9 Å². The van der Waals surface area contributed by atoms with Crippen molar-refractivity contribution in [2.75, 3.05) is 19.0 Å². The maximum Gasteiger partial charge on any atom is 0.281 e. The first-order valence-electron chi connectivity index (χ1n) is 11.4. The zero-order valence-electron chi connectivity index (χ0n) is 20.5. The lowest BCUT2D eigenvalue weighted by molar-refractivity contribution is -0.141. The van der Waals surface area contributed by atoms with Crippen molar-refractivity contribution < 1.29 is 29.1 Å². The summed E-state index contributed by atoms with van der Waals surface area (Å²) >= 11 is 0. The Bertz CT molecular complexity index is 1060. The third kappa shape index (κ3) is 7.33. The van der Waals surface area contributed by atoms with Gasteiger partial charge < -0.3 is 25.4 Å². The minimum atomic E-state index is -0.748. The van der Waals surface area contributed by atoms with E-state index in [2.05, 4.69) is 5.32 Å². The highest BCUT2D eigenvalue weighted by Gasteiger charge is 2.37. The second kappa shape index (κ2) is 13.1. The average Bonchev–Trinajstić information content (AvgIpc) is 2.85. The minimum absolute atomic E-state index is 0. The average molecular weight is 521 g/mol. The van der Waals surface area contributed by atoms with Crippen LogP contribution in [0.4, 0.5) is 5.69 Å². The van der Waals surface area contributed by atoms with E-state index in [0.717, 1.165) is 11.1 Å². The molecule has 5 N–H and O–H groups in total. The largest absolute Gasteiger partial charge is 0.497 e. The second-order valence-electron chi connectivity index (χ2n) is 8.89. The van der Waals surface area contributed by atoms with Crippen LogP contribution in [0.5, 0.6) is 11.5 Å². The fourth-order valence-corrected chi connectivity index (χ4v) is 4.02. The van der Waals surface area contributed by atoms with E-state index in [0.29, 0.717) is 30.0 Å². The number of anilines is 1. The van der Waals surface area contributed by atoms with E-state index in [-0.39, 0.29) is 43.3 Å². The van der Waals surface area contributed by atoms with Crippen molar-refractivity contribution >= 4 is 35.8 Å². The van der Waals surface area contributed by atoms with Gasteiger partial charge in [-0.15, -0.1) is 12.4 Å². The Morgan fingerprint density at radius 3 is 2.39 bits per heavy atom. The van der Waals surface area contributed by atoms with E-state index in [9.17, 15) is 14.4 Å². The number of methoxy groups -OCH3 is 1. The number of ether oxygens (including phenoxy) is 2. The summed E-state index contributed by atoms with van der Waals surface area (Å²) in [6, 6.07) is 10.7. The molecule has 0 aliphatic carbocycles. The minimum Gasteiger partial charge on any atom is -0.497 e. The molecule has 0 spiro atoms. The summed E-state index contributed by atoms with van der Waals surface area (Å²) in [5, 5.41) is 11.5. The lowest BCUT2D eigenvalue weighted by atomic mass is 9.91. The molecule has 2 atom stereocenters. The summed E-state index contributed by atoms with van der Waals surface area (Å²) in [5.41, 5.74) is 10.00. The number of amides is 3. The van der Waals surface area contributed by atoms with Gasteiger partial charge in [-0.1, -0.05) is 19.9 Å². The molecule has 0 unspecified atom stereocenters. The fraction of sp³-hybridized carbons (Fsp3) is 0.400. The third-order valence-electron chi connectivity index (χ3n) is 5.79. The number of nitrogens with one attached hydrogen (secondary N) is 2. The quantitative estimate of drug-likeness (QED) is 0.293. The van der Waals surface area contributed by atoms with Gasteiger partial charge in [0.05, 0.1) is 13.2 Å². The SMILES string of the molecule is COc1ccc(NC(=O)[C@@H]2Cc3ccc(OCC(=O)NO)cc3CN2C(=O)[C@@H](N)CC(C)C)cc1.Cl. The Labute approximate surface area is 216 Å². The molecule has 2 aromatic rings.